The van der Waals surface area contributed by atoms with Crippen molar-refractivity contribution in [3.8, 4) is 11.5 Å². The van der Waals surface area contributed by atoms with Crippen molar-refractivity contribution in [2.45, 2.75) is 13.5 Å². The van der Waals surface area contributed by atoms with E-state index in [1.807, 2.05) is 31.2 Å². The Morgan fingerprint density at radius 1 is 1.30 bits per heavy atom. The molecule has 0 saturated heterocycles. The van der Waals surface area contributed by atoms with Crippen LogP contribution in [0.25, 0.3) is 0 Å². The van der Waals surface area contributed by atoms with Crippen LogP contribution < -0.4 is 20.6 Å². The van der Waals surface area contributed by atoms with Gasteiger partial charge in [0, 0.05) is 5.56 Å². The Morgan fingerprint density at radius 3 is 2.78 bits per heavy atom. The van der Waals surface area contributed by atoms with Crippen molar-refractivity contribution in [3.05, 3.63) is 59.2 Å². The van der Waals surface area contributed by atoms with Gasteiger partial charge in [0.25, 0.3) is 0 Å². The van der Waals surface area contributed by atoms with E-state index >= 15 is 0 Å². The van der Waals surface area contributed by atoms with E-state index in [1.54, 1.807) is 19.2 Å². The number of primary amides is 1. The molecule has 0 aromatic heterocycles. The molecule has 2 rings (SSSR count). The number of ether oxygens (including phenoxy) is 2. The molecule has 6 nitrogen and oxygen atoms in total. The number of carbonyl (C=O) groups excluding carboxylic acids is 1. The maximum absolute atomic E-state index is 10.7. The minimum Gasteiger partial charge on any atom is -0.493 e. The van der Waals surface area contributed by atoms with Gasteiger partial charge in [0.15, 0.2) is 11.5 Å². The first-order valence-corrected chi connectivity index (χ1v) is 7.04. The van der Waals surface area contributed by atoms with E-state index < -0.39 is 6.03 Å². The third-order valence-corrected chi connectivity index (χ3v) is 3.07. The minimum atomic E-state index is -0.730. The fourth-order valence-electron chi connectivity index (χ4n) is 2.07. The lowest BCUT2D eigenvalue weighted by atomic mass is 10.1. The summed E-state index contributed by atoms with van der Waals surface area (Å²) < 4.78 is 11.2. The molecule has 3 N–H and O–H groups in total. The molecule has 0 atom stereocenters. The summed E-state index contributed by atoms with van der Waals surface area (Å²) >= 11 is 0. The summed E-state index contributed by atoms with van der Waals surface area (Å²) in [5.74, 6) is 1.13. The number of nitrogens with zero attached hydrogens (tertiary/aromatic N) is 1. The fraction of sp³-hybridized carbons (Fsp3) is 0.176. The Kier molecular flexibility index (Phi) is 5.57. The first-order valence-electron chi connectivity index (χ1n) is 7.04. The number of urea groups is 1. The summed E-state index contributed by atoms with van der Waals surface area (Å²) in [6.45, 7) is 2.42. The molecule has 0 bridgehead atoms. The number of carbonyl (C=O) groups is 1. The summed E-state index contributed by atoms with van der Waals surface area (Å²) in [6.07, 6.45) is 1.46. The monoisotopic (exact) mass is 313 g/mol. The molecule has 0 heterocycles. The third-order valence-electron chi connectivity index (χ3n) is 3.07. The lowest BCUT2D eigenvalue weighted by molar-refractivity contribution is 0.249. The maximum atomic E-state index is 10.7. The highest BCUT2D eigenvalue weighted by Crippen LogP contribution is 2.30. The molecule has 0 aliphatic heterocycles. The van der Waals surface area contributed by atoms with Crippen LogP contribution in [-0.2, 0) is 6.61 Å². The van der Waals surface area contributed by atoms with Gasteiger partial charge in [0.1, 0.15) is 6.61 Å². The highest BCUT2D eigenvalue weighted by atomic mass is 16.5. The predicted molar refractivity (Wildman–Crippen MR) is 88.8 cm³/mol. The largest absolute Gasteiger partial charge is 0.493 e. The molecule has 0 fully saturated rings. The van der Waals surface area contributed by atoms with Gasteiger partial charge >= 0.3 is 6.03 Å². The Balaban J connectivity index is 2.21. The SMILES string of the molecule is COc1cccc(C=NNC(N)=O)c1OCc1cccc(C)c1. The van der Waals surface area contributed by atoms with E-state index in [-0.39, 0.29) is 0 Å². The quantitative estimate of drug-likeness (QED) is 0.635. The molecule has 0 unspecified atom stereocenters. The van der Waals surface area contributed by atoms with Crippen LogP contribution >= 0.6 is 0 Å². The number of nitrogens with one attached hydrogen (secondary N) is 1. The molecule has 0 radical (unpaired) electrons. The lowest BCUT2D eigenvalue weighted by Gasteiger charge is -2.13. The number of aryl methyl sites for hydroxylation is 1. The molecule has 2 aromatic carbocycles. The smallest absolute Gasteiger partial charge is 0.332 e. The first-order chi connectivity index (χ1) is 11.1. The number of hydrazone groups is 1. The second-order valence-electron chi connectivity index (χ2n) is 4.89. The molecule has 0 aliphatic rings. The van der Waals surface area contributed by atoms with Crippen LogP contribution in [0.2, 0.25) is 0 Å². The molecule has 120 valence electrons. The Hall–Kier alpha value is -3.02. The van der Waals surface area contributed by atoms with Crippen LogP contribution in [0.1, 0.15) is 16.7 Å². The Morgan fingerprint density at radius 2 is 2.09 bits per heavy atom. The molecule has 0 saturated carbocycles. The lowest BCUT2D eigenvalue weighted by Crippen LogP contribution is -2.24. The Bertz CT molecular complexity index is 714. The van der Waals surface area contributed by atoms with Crippen LogP contribution in [0.4, 0.5) is 4.79 Å². The number of hydrogen-bond donors (Lipinski definition) is 2. The van der Waals surface area contributed by atoms with E-state index in [1.165, 1.54) is 11.8 Å². The summed E-state index contributed by atoms with van der Waals surface area (Å²) in [6, 6.07) is 12.7. The first kappa shape index (κ1) is 16.4. The molecule has 0 spiro atoms. The van der Waals surface area contributed by atoms with Crippen LogP contribution in [0.15, 0.2) is 47.6 Å². The second-order valence-corrected chi connectivity index (χ2v) is 4.89. The number of hydrogen-bond acceptors (Lipinski definition) is 4. The third kappa shape index (κ3) is 4.74. The van der Waals surface area contributed by atoms with E-state index in [0.29, 0.717) is 23.7 Å². The molecule has 2 aromatic rings. The van der Waals surface area contributed by atoms with Crippen LogP contribution in [0, 0.1) is 6.92 Å². The van der Waals surface area contributed by atoms with Gasteiger partial charge in [-0.15, -0.1) is 0 Å². The van der Waals surface area contributed by atoms with Gasteiger partial charge in [-0.25, -0.2) is 10.2 Å². The van der Waals surface area contributed by atoms with Crippen LogP contribution in [0.5, 0.6) is 11.5 Å². The van der Waals surface area contributed by atoms with Gasteiger partial charge < -0.3 is 15.2 Å². The summed E-state index contributed by atoms with van der Waals surface area (Å²) in [5, 5.41) is 3.76. The van der Waals surface area contributed by atoms with Gasteiger partial charge in [0.05, 0.1) is 13.3 Å². The predicted octanol–water partition coefficient (Wildman–Crippen LogP) is 2.58. The maximum Gasteiger partial charge on any atom is 0.332 e. The van der Waals surface area contributed by atoms with E-state index in [2.05, 4.69) is 16.6 Å². The summed E-state index contributed by atoms with van der Waals surface area (Å²) in [4.78, 5) is 10.7. The van der Waals surface area contributed by atoms with Gasteiger partial charge in [-0.2, -0.15) is 5.10 Å². The zero-order valence-corrected chi connectivity index (χ0v) is 13.1. The molecule has 0 aliphatic carbocycles. The molecular weight excluding hydrogens is 294 g/mol. The number of amides is 2. The number of methoxy groups -OCH3 is 1. The highest BCUT2D eigenvalue weighted by molar-refractivity contribution is 5.86. The van der Waals surface area contributed by atoms with E-state index in [0.717, 1.165) is 5.56 Å². The van der Waals surface area contributed by atoms with Crippen LogP contribution in [0.3, 0.4) is 0 Å². The summed E-state index contributed by atoms with van der Waals surface area (Å²) in [7, 11) is 1.57. The molecular formula is C17H19N3O3. The standard InChI is InChI=1S/C17H19N3O3/c1-12-5-3-6-13(9-12)11-23-16-14(10-19-20-17(18)21)7-4-8-15(16)22-2/h3-10H,11H2,1-2H3,(H3,18,20,21). The van der Waals surface area contributed by atoms with E-state index in [9.17, 15) is 4.79 Å². The van der Waals surface area contributed by atoms with Crippen molar-refractivity contribution in [1.29, 1.82) is 0 Å². The van der Waals surface area contributed by atoms with Gasteiger partial charge in [-0.3, -0.25) is 0 Å². The Labute approximate surface area is 134 Å². The molecule has 2 amide bonds. The zero-order chi connectivity index (χ0) is 16.7. The number of rotatable bonds is 6. The average molecular weight is 313 g/mol. The van der Waals surface area contributed by atoms with Crippen molar-refractivity contribution in [3.63, 3.8) is 0 Å². The molecule has 6 heteroatoms. The van der Waals surface area contributed by atoms with Crippen molar-refractivity contribution in [2.24, 2.45) is 10.8 Å². The topological polar surface area (TPSA) is 85.9 Å². The average Bonchev–Trinajstić information content (AvgIpc) is 2.53. The van der Waals surface area contributed by atoms with E-state index in [4.69, 9.17) is 15.2 Å². The van der Waals surface area contributed by atoms with Gasteiger partial charge in [0.2, 0.25) is 0 Å². The fourth-order valence-corrected chi connectivity index (χ4v) is 2.07. The minimum absolute atomic E-state index is 0.395. The zero-order valence-electron chi connectivity index (χ0n) is 13.1. The van der Waals surface area contributed by atoms with Crippen molar-refractivity contribution in [2.75, 3.05) is 7.11 Å². The highest BCUT2D eigenvalue weighted by Gasteiger charge is 2.09. The van der Waals surface area contributed by atoms with Crippen molar-refractivity contribution >= 4 is 12.2 Å². The van der Waals surface area contributed by atoms with Gasteiger partial charge in [-0.05, 0) is 24.6 Å². The summed E-state index contributed by atoms with van der Waals surface area (Å²) in [5.41, 5.74) is 10.0. The number of benzene rings is 2. The number of para-hydroxylation sites is 1. The molecule has 23 heavy (non-hydrogen) atoms. The van der Waals surface area contributed by atoms with Crippen molar-refractivity contribution < 1.29 is 14.3 Å². The number of nitrogens with two attached hydrogens (primary N) is 1. The normalized spacial score (nSPS) is 10.5. The van der Waals surface area contributed by atoms with Crippen molar-refractivity contribution in [1.82, 2.24) is 5.43 Å². The van der Waals surface area contributed by atoms with Gasteiger partial charge in [-0.1, -0.05) is 35.9 Å². The second kappa shape index (κ2) is 7.84. The van der Waals surface area contributed by atoms with Crippen LogP contribution in [-0.4, -0.2) is 19.4 Å².